The maximum absolute atomic E-state index is 11.4. The quantitative estimate of drug-likeness (QED) is 0.228. The predicted octanol–water partition coefficient (Wildman–Crippen LogP) is -0.210. The molecule has 1 aliphatic heterocycles. The Balaban J connectivity index is 1.87. The molecule has 0 aliphatic carbocycles. The Morgan fingerprint density at radius 1 is 1.29 bits per heavy atom. The first kappa shape index (κ1) is 17.7. The molecule has 0 aromatic carbocycles. The van der Waals surface area contributed by atoms with Crippen LogP contribution in [0, 0.1) is 5.92 Å². The average Bonchev–Trinajstić information content (AvgIpc) is 2.62. The van der Waals surface area contributed by atoms with Gasteiger partial charge in [0.1, 0.15) is 5.82 Å². The Kier molecular flexibility index (Phi) is 6.07. The number of hydrogen-bond acceptors (Lipinski definition) is 7. The summed E-state index contributed by atoms with van der Waals surface area (Å²) < 4.78 is 4.70. The van der Waals surface area contributed by atoms with E-state index in [9.17, 15) is 14.4 Å². The van der Waals surface area contributed by atoms with E-state index in [-0.39, 0.29) is 5.97 Å². The number of methoxy groups -OCH3 is 1. The van der Waals surface area contributed by atoms with Crippen LogP contribution in [0.2, 0.25) is 0 Å². The molecule has 0 bridgehead atoms. The van der Waals surface area contributed by atoms with Crippen LogP contribution in [-0.4, -0.2) is 43.0 Å². The number of nitrogens with zero attached hydrogens (tertiary/aromatic N) is 2. The molecule has 2 rings (SSSR count). The minimum atomic E-state index is -0.924. The molecule has 9 nitrogen and oxygen atoms in total. The summed E-state index contributed by atoms with van der Waals surface area (Å²) in [5.41, 5.74) is 2.17. The van der Waals surface area contributed by atoms with Gasteiger partial charge in [-0.25, -0.2) is 10.8 Å². The molecule has 0 spiro atoms. The largest absolute Gasteiger partial charge is 0.469 e. The van der Waals surface area contributed by atoms with Gasteiger partial charge in [-0.3, -0.25) is 19.8 Å². The van der Waals surface area contributed by atoms with Gasteiger partial charge >= 0.3 is 17.8 Å². The Morgan fingerprint density at radius 2 is 2.00 bits per heavy atom. The van der Waals surface area contributed by atoms with Gasteiger partial charge in [-0.05, 0) is 30.9 Å². The summed E-state index contributed by atoms with van der Waals surface area (Å²) in [5.74, 6) is 4.06. The third kappa shape index (κ3) is 4.66. The number of amides is 2. The third-order valence-electron chi connectivity index (χ3n) is 3.96. The second kappa shape index (κ2) is 8.25. The van der Waals surface area contributed by atoms with Crippen molar-refractivity contribution in [3.8, 4) is 0 Å². The molecular weight excluding hydrogens is 314 g/mol. The predicted molar refractivity (Wildman–Crippen MR) is 86.8 cm³/mol. The number of aromatic nitrogens is 1. The summed E-state index contributed by atoms with van der Waals surface area (Å²) in [7, 11) is 1.40. The van der Waals surface area contributed by atoms with Crippen molar-refractivity contribution in [3.63, 3.8) is 0 Å². The van der Waals surface area contributed by atoms with Crippen LogP contribution in [0.4, 0.5) is 11.5 Å². The van der Waals surface area contributed by atoms with E-state index < -0.39 is 11.8 Å². The number of pyridine rings is 1. The van der Waals surface area contributed by atoms with Gasteiger partial charge in [0.15, 0.2) is 0 Å². The molecule has 4 N–H and O–H groups in total. The smallest absolute Gasteiger partial charge is 0.323 e. The van der Waals surface area contributed by atoms with Crippen LogP contribution in [0.5, 0.6) is 0 Å². The van der Waals surface area contributed by atoms with E-state index in [1.165, 1.54) is 13.3 Å². The number of carbonyl (C=O) groups is 3. The number of nitrogens with one attached hydrogen (secondary N) is 2. The average molecular weight is 335 g/mol. The van der Waals surface area contributed by atoms with Gasteiger partial charge in [0, 0.05) is 19.5 Å². The highest BCUT2D eigenvalue weighted by atomic mass is 16.5. The molecule has 2 amide bonds. The molecule has 1 fully saturated rings. The Labute approximate surface area is 139 Å². The monoisotopic (exact) mass is 335 g/mol. The van der Waals surface area contributed by atoms with Crippen molar-refractivity contribution in [1.82, 2.24) is 10.4 Å². The van der Waals surface area contributed by atoms with Gasteiger partial charge in [-0.15, -0.1) is 0 Å². The van der Waals surface area contributed by atoms with Crippen LogP contribution < -0.4 is 21.5 Å². The lowest BCUT2D eigenvalue weighted by Gasteiger charge is -2.32. The van der Waals surface area contributed by atoms with Crippen molar-refractivity contribution in [3.05, 3.63) is 18.3 Å². The lowest BCUT2D eigenvalue weighted by molar-refractivity contribution is -0.141. The zero-order chi connectivity index (χ0) is 17.5. The van der Waals surface area contributed by atoms with Crippen LogP contribution in [0.1, 0.15) is 19.3 Å². The molecule has 130 valence electrons. The first-order valence-electron chi connectivity index (χ1n) is 7.63. The first-order valence-corrected chi connectivity index (χ1v) is 7.63. The molecule has 1 aliphatic rings. The van der Waals surface area contributed by atoms with Crippen LogP contribution in [-0.2, 0) is 19.1 Å². The molecule has 1 aromatic rings. The number of rotatable bonds is 4. The van der Waals surface area contributed by atoms with Gasteiger partial charge in [0.2, 0.25) is 0 Å². The van der Waals surface area contributed by atoms with Crippen LogP contribution >= 0.6 is 0 Å². The van der Waals surface area contributed by atoms with Crippen molar-refractivity contribution < 1.29 is 19.1 Å². The van der Waals surface area contributed by atoms with E-state index in [4.69, 9.17) is 10.6 Å². The fraction of sp³-hybridized carbons (Fsp3) is 0.467. The van der Waals surface area contributed by atoms with Crippen molar-refractivity contribution in [2.75, 3.05) is 30.4 Å². The number of piperidine rings is 1. The van der Waals surface area contributed by atoms with Crippen LogP contribution in [0.25, 0.3) is 0 Å². The number of carbonyl (C=O) groups excluding carboxylic acids is 3. The second-order valence-corrected chi connectivity index (χ2v) is 5.54. The zero-order valence-corrected chi connectivity index (χ0v) is 13.4. The minimum Gasteiger partial charge on any atom is -0.469 e. The van der Waals surface area contributed by atoms with E-state index in [0.29, 0.717) is 18.0 Å². The number of ether oxygens (including phenoxy) is 1. The maximum Gasteiger partial charge on any atom is 0.323 e. The molecular formula is C15H21N5O4. The first-order chi connectivity index (χ1) is 11.5. The number of hydrogen-bond donors (Lipinski definition) is 3. The summed E-state index contributed by atoms with van der Waals surface area (Å²) in [6.45, 7) is 1.60. The summed E-state index contributed by atoms with van der Waals surface area (Å²) in [6, 6.07) is 3.45. The Morgan fingerprint density at radius 3 is 2.54 bits per heavy atom. The Bertz CT molecular complexity index is 596. The van der Waals surface area contributed by atoms with Crippen molar-refractivity contribution in [2.45, 2.75) is 19.3 Å². The number of hydrazine groups is 1. The van der Waals surface area contributed by atoms with Crippen LogP contribution in [0.15, 0.2) is 18.3 Å². The molecule has 9 heteroatoms. The summed E-state index contributed by atoms with van der Waals surface area (Å²) in [6.07, 6.45) is 3.72. The second-order valence-electron chi connectivity index (χ2n) is 5.54. The molecule has 0 atom stereocenters. The molecule has 2 heterocycles. The molecule has 1 aromatic heterocycles. The normalized spacial score (nSPS) is 14.8. The summed E-state index contributed by atoms with van der Waals surface area (Å²) in [4.78, 5) is 40.2. The minimum absolute atomic E-state index is 0.173. The van der Waals surface area contributed by atoms with Gasteiger partial charge in [-0.2, -0.15) is 0 Å². The highest BCUT2D eigenvalue weighted by Gasteiger charge is 2.22. The molecule has 0 saturated carbocycles. The molecule has 0 unspecified atom stereocenters. The van der Waals surface area contributed by atoms with E-state index >= 15 is 0 Å². The SMILES string of the molecule is COC(=O)CC1CCN(c2ccc(NC(=O)C(=O)NN)cn2)CC1. The molecule has 24 heavy (non-hydrogen) atoms. The molecule has 0 radical (unpaired) electrons. The maximum atomic E-state index is 11.4. The Hall–Kier alpha value is -2.68. The van der Waals surface area contributed by atoms with Gasteiger partial charge < -0.3 is 15.0 Å². The fourth-order valence-corrected chi connectivity index (χ4v) is 2.59. The number of nitrogens with two attached hydrogens (primary N) is 1. The standard InChI is InChI=1S/C15H21N5O4/c1-24-13(21)8-10-4-6-20(7-5-10)12-3-2-11(9-17-12)18-14(22)15(23)19-16/h2-3,9-10H,4-8,16H2,1H3,(H,18,22)(H,19,23). The van der Waals surface area contributed by atoms with Gasteiger partial charge in [0.05, 0.1) is 19.0 Å². The highest BCUT2D eigenvalue weighted by molar-refractivity contribution is 6.39. The summed E-state index contributed by atoms with van der Waals surface area (Å²) >= 11 is 0. The zero-order valence-electron chi connectivity index (χ0n) is 13.4. The molecule has 1 saturated heterocycles. The topological polar surface area (TPSA) is 127 Å². The van der Waals surface area contributed by atoms with E-state index in [1.54, 1.807) is 17.6 Å². The van der Waals surface area contributed by atoms with Crippen molar-refractivity contribution in [2.24, 2.45) is 11.8 Å². The van der Waals surface area contributed by atoms with Crippen LogP contribution in [0.3, 0.4) is 0 Å². The van der Waals surface area contributed by atoms with E-state index in [1.807, 2.05) is 0 Å². The lowest BCUT2D eigenvalue weighted by Crippen LogP contribution is -2.39. The number of esters is 1. The van der Waals surface area contributed by atoms with Crippen molar-refractivity contribution >= 4 is 29.3 Å². The van der Waals surface area contributed by atoms with E-state index in [2.05, 4.69) is 15.2 Å². The fourth-order valence-electron chi connectivity index (χ4n) is 2.59. The van der Waals surface area contributed by atoms with Gasteiger partial charge in [0.25, 0.3) is 0 Å². The van der Waals surface area contributed by atoms with E-state index in [0.717, 1.165) is 31.7 Å². The van der Waals surface area contributed by atoms with Crippen molar-refractivity contribution in [1.29, 1.82) is 0 Å². The van der Waals surface area contributed by atoms with Gasteiger partial charge in [-0.1, -0.05) is 0 Å². The lowest BCUT2D eigenvalue weighted by atomic mass is 9.93. The number of anilines is 2. The third-order valence-corrected chi connectivity index (χ3v) is 3.96. The highest BCUT2D eigenvalue weighted by Crippen LogP contribution is 2.24. The summed E-state index contributed by atoms with van der Waals surface area (Å²) in [5, 5.41) is 2.39.